The largest absolute Gasteiger partial charge is 0.494 e. The van der Waals surface area contributed by atoms with Crippen LogP contribution in [0.15, 0.2) is 36.4 Å². The van der Waals surface area contributed by atoms with Crippen LogP contribution in [0, 0.1) is 0 Å². The highest BCUT2D eigenvalue weighted by molar-refractivity contribution is 5.88. The quantitative estimate of drug-likeness (QED) is 0.886. The Hall–Kier alpha value is -1.29. The van der Waals surface area contributed by atoms with Gasteiger partial charge in [0.1, 0.15) is 5.75 Å². The number of aliphatic hydroxyl groups excluding tert-OH is 1. The first-order valence-corrected chi connectivity index (χ1v) is 6.28. The van der Waals surface area contributed by atoms with Gasteiger partial charge in [-0.3, -0.25) is 0 Å². The van der Waals surface area contributed by atoms with Crippen molar-refractivity contribution in [3.05, 3.63) is 42.0 Å². The Labute approximate surface area is 119 Å². The molecule has 0 aliphatic heterocycles. The topological polar surface area (TPSA) is 55.5 Å². The fourth-order valence-electron chi connectivity index (χ4n) is 2.22. The molecule has 1 atom stereocenters. The number of rotatable bonds is 5. The molecule has 19 heavy (non-hydrogen) atoms. The van der Waals surface area contributed by atoms with Gasteiger partial charge in [-0.2, -0.15) is 0 Å². The van der Waals surface area contributed by atoms with Crippen LogP contribution in [0.25, 0.3) is 10.8 Å². The van der Waals surface area contributed by atoms with Crippen molar-refractivity contribution in [1.82, 2.24) is 0 Å². The summed E-state index contributed by atoms with van der Waals surface area (Å²) in [7, 11) is 0. The molecule has 0 bridgehead atoms. The van der Waals surface area contributed by atoms with E-state index in [1.165, 1.54) is 0 Å². The predicted molar refractivity (Wildman–Crippen MR) is 81.0 cm³/mol. The second-order valence-electron chi connectivity index (χ2n) is 4.25. The molecule has 0 saturated carbocycles. The lowest BCUT2D eigenvalue weighted by atomic mass is 9.96. The first-order valence-electron chi connectivity index (χ1n) is 6.28. The lowest BCUT2D eigenvalue weighted by molar-refractivity contribution is 0.274. The van der Waals surface area contributed by atoms with Crippen LogP contribution in [-0.2, 0) is 0 Å². The minimum Gasteiger partial charge on any atom is -0.494 e. The molecule has 2 aromatic rings. The molecule has 0 fully saturated rings. The summed E-state index contributed by atoms with van der Waals surface area (Å²) in [5.74, 6) is 0.817. The van der Waals surface area contributed by atoms with E-state index < -0.39 is 0 Å². The Morgan fingerprint density at radius 3 is 2.63 bits per heavy atom. The van der Waals surface area contributed by atoms with Crippen molar-refractivity contribution in [3.63, 3.8) is 0 Å². The highest BCUT2D eigenvalue weighted by Crippen LogP contribution is 2.33. The molecule has 0 amide bonds. The van der Waals surface area contributed by atoms with Crippen molar-refractivity contribution in [2.75, 3.05) is 13.2 Å². The summed E-state index contributed by atoms with van der Waals surface area (Å²) < 4.78 is 5.65. The Morgan fingerprint density at radius 1 is 1.21 bits per heavy atom. The molecular formula is C15H20ClNO2. The third kappa shape index (κ3) is 3.38. The normalized spacial score (nSPS) is 11.9. The first-order chi connectivity index (χ1) is 8.77. The summed E-state index contributed by atoms with van der Waals surface area (Å²) in [5.41, 5.74) is 7.15. The molecule has 0 unspecified atom stereocenters. The van der Waals surface area contributed by atoms with Crippen LogP contribution in [0.4, 0.5) is 0 Å². The fourth-order valence-corrected chi connectivity index (χ4v) is 2.22. The van der Waals surface area contributed by atoms with Gasteiger partial charge in [0.2, 0.25) is 0 Å². The zero-order valence-corrected chi connectivity index (χ0v) is 11.8. The third-order valence-electron chi connectivity index (χ3n) is 3.04. The molecule has 0 spiro atoms. The van der Waals surface area contributed by atoms with Crippen LogP contribution in [0.5, 0.6) is 5.75 Å². The van der Waals surface area contributed by atoms with Crippen molar-refractivity contribution in [3.8, 4) is 5.75 Å². The number of benzene rings is 2. The number of hydrogen-bond acceptors (Lipinski definition) is 3. The highest BCUT2D eigenvalue weighted by atomic mass is 35.5. The van der Waals surface area contributed by atoms with Crippen LogP contribution in [-0.4, -0.2) is 18.3 Å². The maximum atomic E-state index is 9.07. The van der Waals surface area contributed by atoms with E-state index in [4.69, 9.17) is 15.6 Å². The van der Waals surface area contributed by atoms with Gasteiger partial charge in [-0.25, -0.2) is 0 Å². The van der Waals surface area contributed by atoms with Crippen LogP contribution in [0.2, 0.25) is 0 Å². The number of halogens is 1. The first kappa shape index (κ1) is 15.8. The number of hydrogen-bond donors (Lipinski definition) is 2. The van der Waals surface area contributed by atoms with Gasteiger partial charge in [-0.05, 0) is 30.2 Å². The van der Waals surface area contributed by atoms with E-state index in [2.05, 4.69) is 6.07 Å². The maximum Gasteiger partial charge on any atom is 0.124 e. The standard InChI is InChI=1S/C15H19NO2.ClH/c1-2-18-14-8-7-11-5-3-4-6-12(11)15(14)13(16)9-10-17;/h3-8,13,17H,2,9-10,16H2,1H3;1H/t13-;/m1./s1. The molecule has 2 aromatic carbocycles. The van der Waals surface area contributed by atoms with Gasteiger partial charge in [0.05, 0.1) is 6.61 Å². The fraction of sp³-hybridized carbons (Fsp3) is 0.333. The van der Waals surface area contributed by atoms with Crippen LogP contribution in [0.1, 0.15) is 24.9 Å². The van der Waals surface area contributed by atoms with E-state index >= 15 is 0 Å². The van der Waals surface area contributed by atoms with E-state index in [1.807, 2.05) is 37.3 Å². The number of aliphatic hydroxyl groups is 1. The van der Waals surface area contributed by atoms with E-state index in [0.717, 1.165) is 22.1 Å². The molecule has 104 valence electrons. The zero-order valence-electron chi connectivity index (χ0n) is 11.0. The molecule has 0 aliphatic carbocycles. The summed E-state index contributed by atoms with van der Waals surface area (Å²) in [6.45, 7) is 2.64. The summed E-state index contributed by atoms with van der Waals surface area (Å²) in [6, 6.07) is 11.9. The van der Waals surface area contributed by atoms with Crippen LogP contribution < -0.4 is 10.5 Å². The molecule has 0 aliphatic rings. The monoisotopic (exact) mass is 281 g/mol. The number of fused-ring (bicyclic) bond motifs is 1. The predicted octanol–water partition coefficient (Wildman–Crippen LogP) is 3.04. The Bertz CT molecular complexity index is 531. The van der Waals surface area contributed by atoms with Gasteiger partial charge in [0, 0.05) is 18.2 Å². The second-order valence-corrected chi connectivity index (χ2v) is 4.25. The molecular weight excluding hydrogens is 262 g/mol. The molecule has 2 rings (SSSR count). The molecule has 4 heteroatoms. The van der Waals surface area contributed by atoms with Crippen molar-refractivity contribution < 1.29 is 9.84 Å². The summed E-state index contributed by atoms with van der Waals surface area (Å²) >= 11 is 0. The van der Waals surface area contributed by atoms with Crippen molar-refractivity contribution >= 4 is 23.2 Å². The van der Waals surface area contributed by atoms with Crippen molar-refractivity contribution in [1.29, 1.82) is 0 Å². The molecule has 3 N–H and O–H groups in total. The summed E-state index contributed by atoms with van der Waals surface area (Å²) in [5, 5.41) is 11.3. The average molecular weight is 282 g/mol. The molecule has 0 aromatic heterocycles. The molecule has 0 heterocycles. The van der Waals surface area contributed by atoms with Gasteiger partial charge < -0.3 is 15.6 Å². The molecule has 0 radical (unpaired) electrons. The lowest BCUT2D eigenvalue weighted by Crippen LogP contribution is -2.14. The molecule has 0 saturated heterocycles. The SMILES string of the molecule is CCOc1ccc2ccccc2c1[C@H](N)CCO.Cl. The van der Waals surface area contributed by atoms with Gasteiger partial charge in [-0.15, -0.1) is 12.4 Å². The van der Waals surface area contributed by atoms with E-state index in [0.29, 0.717) is 13.0 Å². The van der Waals surface area contributed by atoms with E-state index in [-0.39, 0.29) is 25.1 Å². The second kappa shape index (κ2) is 7.34. The van der Waals surface area contributed by atoms with Gasteiger partial charge in [0.15, 0.2) is 0 Å². The number of ether oxygens (including phenoxy) is 1. The Balaban J connectivity index is 0.00000180. The van der Waals surface area contributed by atoms with E-state index in [9.17, 15) is 0 Å². The highest BCUT2D eigenvalue weighted by Gasteiger charge is 2.15. The minimum atomic E-state index is -0.206. The Kier molecular flexibility index (Phi) is 6.09. The van der Waals surface area contributed by atoms with Crippen molar-refractivity contribution in [2.24, 2.45) is 5.73 Å². The summed E-state index contributed by atoms with van der Waals surface area (Å²) in [4.78, 5) is 0. The minimum absolute atomic E-state index is 0. The Morgan fingerprint density at radius 2 is 1.95 bits per heavy atom. The zero-order chi connectivity index (χ0) is 13.0. The van der Waals surface area contributed by atoms with Gasteiger partial charge in [0.25, 0.3) is 0 Å². The van der Waals surface area contributed by atoms with Gasteiger partial charge in [-0.1, -0.05) is 30.3 Å². The lowest BCUT2D eigenvalue weighted by Gasteiger charge is -2.18. The molecule has 3 nitrogen and oxygen atoms in total. The van der Waals surface area contributed by atoms with Crippen molar-refractivity contribution in [2.45, 2.75) is 19.4 Å². The number of nitrogens with two attached hydrogens (primary N) is 1. The van der Waals surface area contributed by atoms with Gasteiger partial charge >= 0.3 is 0 Å². The van der Waals surface area contributed by atoms with Crippen LogP contribution in [0.3, 0.4) is 0 Å². The summed E-state index contributed by atoms with van der Waals surface area (Å²) in [6.07, 6.45) is 0.536. The van der Waals surface area contributed by atoms with Crippen LogP contribution >= 0.6 is 12.4 Å². The van der Waals surface area contributed by atoms with E-state index in [1.54, 1.807) is 0 Å². The third-order valence-corrected chi connectivity index (χ3v) is 3.04. The smallest absolute Gasteiger partial charge is 0.124 e. The average Bonchev–Trinajstić information content (AvgIpc) is 2.39. The maximum absolute atomic E-state index is 9.07.